The van der Waals surface area contributed by atoms with Gasteiger partial charge in [0, 0.05) is 18.5 Å². The number of nitrogens with one attached hydrogen (secondary N) is 2. The molecule has 2 atom stereocenters. The third-order valence-electron chi connectivity index (χ3n) is 3.70. The molecule has 1 aromatic rings. The Morgan fingerprint density at radius 1 is 1.35 bits per heavy atom. The Bertz CT molecular complexity index is 774. The van der Waals surface area contributed by atoms with Crippen LogP contribution in [0.1, 0.15) is 17.2 Å². The van der Waals surface area contributed by atoms with Crippen molar-refractivity contribution in [3.05, 3.63) is 35.4 Å². The molecule has 0 aliphatic carbocycles. The van der Waals surface area contributed by atoms with E-state index in [4.69, 9.17) is 4.74 Å². The second-order valence-electron chi connectivity index (χ2n) is 5.55. The average Bonchev–Trinajstić information content (AvgIpc) is 2.57. The first-order chi connectivity index (χ1) is 12.4. The molecule has 1 aromatic carbocycles. The minimum atomic E-state index is -2.67. The van der Waals surface area contributed by atoms with E-state index in [1.54, 1.807) is 11.9 Å². The molecule has 26 heavy (non-hydrogen) atoms. The maximum absolute atomic E-state index is 12.1. The summed E-state index contributed by atoms with van der Waals surface area (Å²) in [6.07, 6.45) is -1.51. The van der Waals surface area contributed by atoms with Gasteiger partial charge in [-0.15, -0.1) is 4.36 Å². The minimum absolute atomic E-state index is 0.174. The molecule has 1 aliphatic rings. The van der Waals surface area contributed by atoms with E-state index >= 15 is 0 Å². The molecular weight excluding hydrogens is 380 g/mol. The Kier molecular flexibility index (Phi) is 7.72. The molecule has 0 aromatic heterocycles. The van der Waals surface area contributed by atoms with Gasteiger partial charge in [-0.05, 0) is 19.5 Å². The molecule has 1 aliphatic heterocycles. The fourth-order valence-electron chi connectivity index (χ4n) is 2.57. The number of rotatable bonds is 5. The molecule has 2 amide bonds. The van der Waals surface area contributed by atoms with Gasteiger partial charge in [-0.3, -0.25) is 24.5 Å². The first-order valence-electron chi connectivity index (χ1n) is 7.80. The second kappa shape index (κ2) is 9.78. The van der Waals surface area contributed by atoms with Crippen LogP contribution in [-0.2, 0) is 20.0 Å². The third kappa shape index (κ3) is 5.88. The first kappa shape index (κ1) is 20.5. The summed E-state index contributed by atoms with van der Waals surface area (Å²) in [6, 6.07) is 7.46. The highest BCUT2D eigenvalue weighted by molar-refractivity contribution is 8.11. The summed E-state index contributed by atoms with van der Waals surface area (Å²) in [5.74, 6) is -0.542. The van der Waals surface area contributed by atoms with Gasteiger partial charge in [-0.1, -0.05) is 29.8 Å². The van der Waals surface area contributed by atoms with Gasteiger partial charge in [0.05, 0.1) is 13.2 Å². The molecule has 1 fully saturated rings. The lowest BCUT2D eigenvalue weighted by Gasteiger charge is -2.37. The molecule has 0 spiro atoms. The number of hydrogen-bond donors (Lipinski definition) is 2. The summed E-state index contributed by atoms with van der Waals surface area (Å²) in [5.41, 5.74) is 1.82. The third-order valence-corrected chi connectivity index (χ3v) is 4.58. The number of hydrogen-bond acceptors (Lipinski definition) is 9. The fraction of sp³-hybridized carbons (Fsp3) is 0.467. The molecule has 2 rings (SSSR count). The predicted octanol–water partition coefficient (Wildman–Crippen LogP) is 0.861. The van der Waals surface area contributed by atoms with Gasteiger partial charge in [0.15, 0.2) is 6.17 Å². The molecule has 1 heterocycles. The highest BCUT2D eigenvalue weighted by Gasteiger charge is 2.35. The Morgan fingerprint density at radius 2 is 2.04 bits per heavy atom. The van der Waals surface area contributed by atoms with E-state index in [1.165, 1.54) is 0 Å². The average molecular weight is 400 g/mol. The zero-order valence-electron chi connectivity index (χ0n) is 14.3. The summed E-state index contributed by atoms with van der Waals surface area (Å²) in [5, 5.41) is 1.67. The lowest BCUT2D eigenvalue weighted by atomic mass is 10.0. The van der Waals surface area contributed by atoms with Gasteiger partial charge in [0.25, 0.3) is 0 Å². The van der Waals surface area contributed by atoms with Gasteiger partial charge in [-0.25, -0.2) is 0 Å². The van der Waals surface area contributed by atoms with Crippen LogP contribution < -0.4 is 10.0 Å². The number of carbonyl (C=O) groups excluding carboxylic acids is 2. The number of aryl methyl sites for hydroxylation is 1. The van der Waals surface area contributed by atoms with Crippen LogP contribution in [0.15, 0.2) is 28.6 Å². The van der Waals surface area contributed by atoms with Gasteiger partial charge in [0.2, 0.25) is 5.91 Å². The van der Waals surface area contributed by atoms with Crippen LogP contribution in [0.2, 0.25) is 0 Å². The zero-order chi connectivity index (χ0) is 19.1. The minimum Gasteiger partial charge on any atom is -0.368 e. The van der Waals surface area contributed by atoms with Crippen molar-refractivity contribution in [2.24, 2.45) is 4.36 Å². The van der Waals surface area contributed by atoms with Crippen molar-refractivity contribution in [3.8, 4) is 0 Å². The Hall–Kier alpha value is -1.79. The fourth-order valence-corrected chi connectivity index (χ4v) is 3.34. The number of ether oxygens (including phenoxy) is 1. The van der Waals surface area contributed by atoms with Gasteiger partial charge >= 0.3 is 15.7 Å². The van der Waals surface area contributed by atoms with Crippen molar-refractivity contribution in [1.82, 2.24) is 14.9 Å². The van der Waals surface area contributed by atoms with Gasteiger partial charge in [0.1, 0.15) is 6.10 Å². The van der Waals surface area contributed by atoms with Crippen molar-refractivity contribution >= 4 is 33.6 Å². The predicted molar refractivity (Wildman–Crippen MR) is 96.8 cm³/mol. The molecule has 11 heteroatoms. The van der Waals surface area contributed by atoms with E-state index in [-0.39, 0.29) is 6.54 Å². The van der Waals surface area contributed by atoms with E-state index in [9.17, 15) is 18.0 Å². The molecule has 0 radical (unpaired) electrons. The molecule has 9 nitrogen and oxygen atoms in total. The lowest BCUT2D eigenvalue weighted by molar-refractivity contribution is -0.126. The first-order valence-corrected chi connectivity index (χ1v) is 9.65. The van der Waals surface area contributed by atoms with Crippen LogP contribution in [0.5, 0.6) is 0 Å². The number of imide groups is 1. The summed E-state index contributed by atoms with van der Waals surface area (Å²) >= 11 is 0.746. The standard InChI is InChI=1S/C15H20N4O5S2/c1-10-3-5-11(6-4-10)13-14(18-26(22)23)19(7-8-24-13)9-12(20)17-15(21)25-16-2/h3-6,13-14,16H,7-9H2,1-2H3,(H,17,20,21). The van der Waals surface area contributed by atoms with Crippen LogP contribution >= 0.6 is 11.9 Å². The smallest absolute Gasteiger partial charge is 0.312 e. The Morgan fingerprint density at radius 3 is 2.65 bits per heavy atom. The van der Waals surface area contributed by atoms with Crippen molar-refractivity contribution in [1.29, 1.82) is 0 Å². The van der Waals surface area contributed by atoms with Crippen LogP contribution in [0.25, 0.3) is 0 Å². The SMILES string of the molecule is CNSC(=O)NC(=O)CN1CCOC(c2ccc(C)cc2)C1N=S(=O)=O. The number of carbonyl (C=O) groups is 2. The summed E-state index contributed by atoms with van der Waals surface area (Å²) < 4.78 is 34.3. The van der Waals surface area contributed by atoms with Crippen LogP contribution in [0.4, 0.5) is 4.79 Å². The van der Waals surface area contributed by atoms with E-state index in [1.807, 2.05) is 31.2 Å². The zero-order valence-corrected chi connectivity index (χ0v) is 16.0. The molecule has 0 bridgehead atoms. The quantitative estimate of drug-likeness (QED) is 0.699. The van der Waals surface area contributed by atoms with Crippen LogP contribution in [0, 0.1) is 6.92 Å². The molecule has 1 saturated heterocycles. The number of morpholine rings is 1. The van der Waals surface area contributed by atoms with Crippen molar-refractivity contribution in [2.75, 3.05) is 26.7 Å². The maximum Gasteiger partial charge on any atom is 0.312 e. The normalized spacial score (nSPS) is 20.4. The lowest BCUT2D eigenvalue weighted by Crippen LogP contribution is -2.50. The van der Waals surface area contributed by atoms with Crippen molar-refractivity contribution < 1.29 is 22.7 Å². The monoisotopic (exact) mass is 400 g/mol. The van der Waals surface area contributed by atoms with Crippen LogP contribution in [-0.4, -0.2) is 57.4 Å². The maximum atomic E-state index is 12.1. The Balaban J connectivity index is 2.19. The van der Waals surface area contributed by atoms with Crippen molar-refractivity contribution in [2.45, 2.75) is 19.2 Å². The van der Waals surface area contributed by atoms with E-state index in [0.29, 0.717) is 13.2 Å². The highest BCUT2D eigenvalue weighted by Crippen LogP contribution is 2.29. The number of benzene rings is 1. The van der Waals surface area contributed by atoms with Crippen LogP contribution in [0.3, 0.4) is 0 Å². The van der Waals surface area contributed by atoms with E-state index in [2.05, 4.69) is 14.4 Å². The summed E-state index contributed by atoms with van der Waals surface area (Å²) in [4.78, 5) is 25.1. The highest BCUT2D eigenvalue weighted by atomic mass is 32.2. The van der Waals surface area contributed by atoms with Gasteiger partial charge < -0.3 is 4.74 Å². The number of amides is 2. The molecular formula is C15H20N4O5S2. The molecule has 0 saturated carbocycles. The molecule has 2 unspecified atom stereocenters. The summed E-state index contributed by atoms with van der Waals surface area (Å²) in [6.45, 7) is 2.39. The summed E-state index contributed by atoms with van der Waals surface area (Å²) in [7, 11) is -1.11. The molecule has 2 N–H and O–H groups in total. The molecule has 142 valence electrons. The van der Waals surface area contributed by atoms with E-state index < -0.39 is 33.9 Å². The number of nitrogens with zero attached hydrogens (tertiary/aromatic N) is 2. The Labute approximate surface area is 157 Å². The second-order valence-corrected chi connectivity index (χ2v) is 7.18. The van der Waals surface area contributed by atoms with Gasteiger partial charge in [-0.2, -0.15) is 8.42 Å². The van der Waals surface area contributed by atoms with E-state index in [0.717, 1.165) is 23.1 Å². The van der Waals surface area contributed by atoms with Crippen molar-refractivity contribution in [3.63, 3.8) is 0 Å². The largest absolute Gasteiger partial charge is 0.368 e. The topological polar surface area (TPSA) is 117 Å².